The van der Waals surface area contributed by atoms with Crippen LogP contribution in [0.5, 0.6) is 0 Å². The van der Waals surface area contributed by atoms with E-state index in [4.69, 9.17) is 0 Å². The van der Waals surface area contributed by atoms with Crippen LogP contribution in [0.2, 0.25) is 0 Å². The molecule has 0 spiro atoms. The fourth-order valence-corrected chi connectivity index (χ4v) is 1.51. The van der Waals surface area contributed by atoms with Crippen LogP contribution in [-0.4, -0.2) is 22.6 Å². The summed E-state index contributed by atoms with van der Waals surface area (Å²) in [5.41, 5.74) is 0.370. The average molecular weight is 246 g/mol. The molecule has 0 radical (unpaired) electrons. The van der Waals surface area contributed by atoms with Crippen molar-refractivity contribution in [3.8, 4) is 0 Å². The molecule has 4 heteroatoms. The van der Waals surface area contributed by atoms with Gasteiger partial charge in [-0.05, 0) is 17.9 Å². The normalized spacial score (nSPS) is 13.2. The zero-order chi connectivity index (χ0) is 11.3. The van der Waals surface area contributed by atoms with Crippen molar-refractivity contribution < 1.29 is 0 Å². The van der Waals surface area contributed by atoms with Crippen molar-refractivity contribution in [3.05, 3.63) is 18.7 Å². The number of nitrogens with one attached hydrogen (secondary N) is 1. The van der Waals surface area contributed by atoms with Gasteiger partial charge in [0, 0.05) is 25.5 Å². The summed E-state index contributed by atoms with van der Waals surface area (Å²) < 4.78 is 2.13. The fourth-order valence-electron chi connectivity index (χ4n) is 1.51. The minimum atomic E-state index is 0. The number of imidazole rings is 1. The van der Waals surface area contributed by atoms with Crippen LogP contribution in [0.3, 0.4) is 0 Å². The van der Waals surface area contributed by atoms with Crippen molar-refractivity contribution in [2.45, 2.75) is 34.2 Å². The van der Waals surface area contributed by atoms with Crippen LogP contribution in [-0.2, 0) is 6.54 Å². The molecular weight excluding hydrogens is 222 g/mol. The van der Waals surface area contributed by atoms with Crippen molar-refractivity contribution in [3.63, 3.8) is 0 Å². The van der Waals surface area contributed by atoms with Crippen LogP contribution in [0.25, 0.3) is 0 Å². The van der Waals surface area contributed by atoms with Gasteiger partial charge in [0.1, 0.15) is 0 Å². The number of hydrogen-bond acceptors (Lipinski definition) is 2. The predicted octanol–water partition coefficient (Wildman–Crippen LogP) is 2.58. The molecule has 3 nitrogen and oxygen atoms in total. The molecule has 0 aliphatic rings. The monoisotopic (exact) mass is 245 g/mol. The summed E-state index contributed by atoms with van der Waals surface area (Å²) in [5.74, 6) is 0.640. The highest BCUT2D eigenvalue weighted by molar-refractivity contribution is 5.85. The summed E-state index contributed by atoms with van der Waals surface area (Å²) in [5, 5.41) is 3.50. The van der Waals surface area contributed by atoms with Crippen molar-refractivity contribution >= 4 is 12.4 Å². The van der Waals surface area contributed by atoms with E-state index in [0.29, 0.717) is 11.3 Å². The van der Waals surface area contributed by atoms with Crippen molar-refractivity contribution in [2.75, 3.05) is 13.1 Å². The van der Waals surface area contributed by atoms with Crippen LogP contribution < -0.4 is 5.32 Å². The maximum absolute atomic E-state index is 4.04. The quantitative estimate of drug-likeness (QED) is 0.864. The smallest absolute Gasteiger partial charge is 0.0946 e. The summed E-state index contributed by atoms with van der Waals surface area (Å²) in [6, 6.07) is 0. The molecular formula is C12H24ClN3. The van der Waals surface area contributed by atoms with E-state index in [9.17, 15) is 0 Å². The average Bonchev–Trinajstić information content (AvgIpc) is 2.54. The second-order valence-electron chi connectivity index (χ2n) is 5.56. The second kappa shape index (κ2) is 6.92. The lowest BCUT2D eigenvalue weighted by molar-refractivity contribution is 0.352. The first-order chi connectivity index (χ1) is 6.97. The van der Waals surface area contributed by atoms with Gasteiger partial charge in [-0.15, -0.1) is 12.4 Å². The molecule has 0 aliphatic heterocycles. The van der Waals surface area contributed by atoms with E-state index in [1.165, 1.54) is 0 Å². The standard InChI is InChI=1S/C12H23N3.ClH/c1-11(7-14-9-12(2,3)4)8-15-6-5-13-10-15;/h5-6,10-11,14H,7-9H2,1-4H3;1H. The van der Waals surface area contributed by atoms with E-state index in [-0.39, 0.29) is 12.4 Å². The third kappa shape index (κ3) is 6.85. The molecule has 1 atom stereocenters. The first kappa shape index (κ1) is 15.5. The molecule has 0 bridgehead atoms. The largest absolute Gasteiger partial charge is 0.337 e. The van der Waals surface area contributed by atoms with Crippen molar-refractivity contribution in [2.24, 2.45) is 11.3 Å². The van der Waals surface area contributed by atoms with Gasteiger partial charge in [0.2, 0.25) is 0 Å². The third-order valence-corrected chi connectivity index (χ3v) is 2.23. The lowest BCUT2D eigenvalue weighted by atomic mass is 9.97. The van der Waals surface area contributed by atoms with Crippen LogP contribution in [0.4, 0.5) is 0 Å². The SMILES string of the molecule is CC(CNCC(C)(C)C)Cn1ccnc1.Cl. The second-order valence-corrected chi connectivity index (χ2v) is 5.56. The Hall–Kier alpha value is -0.540. The third-order valence-electron chi connectivity index (χ3n) is 2.23. The fraction of sp³-hybridized carbons (Fsp3) is 0.750. The molecule has 16 heavy (non-hydrogen) atoms. The lowest BCUT2D eigenvalue weighted by Gasteiger charge is -2.21. The lowest BCUT2D eigenvalue weighted by Crippen LogP contribution is -2.31. The Kier molecular flexibility index (Phi) is 6.68. The molecule has 0 fully saturated rings. The molecule has 1 aromatic heterocycles. The minimum absolute atomic E-state index is 0. The molecule has 1 rings (SSSR count). The first-order valence-electron chi connectivity index (χ1n) is 5.64. The van der Waals surface area contributed by atoms with Crippen LogP contribution in [0, 0.1) is 11.3 Å². The van der Waals surface area contributed by atoms with E-state index in [1.54, 1.807) is 0 Å². The molecule has 0 amide bonds. The molecule has 0 saturated heterocycles. The molecule has 94 valence electrons. The number of halogens is 1. The molecule has 1 N–H and O–H groups in total. The van der Waals surface area contributed by atoms with Gasteiger partial charge in [0.15, 0.2) is 0 Å². The summed E-state index contributed by atoms with van der Waals surface area (Å²) >= 11 is 0. The Bertz CT molecular complexity index is 264. The highest BCUT2D eigenvalue weighted by Crippen LogP contribution is 2.10. The van der Waals surface area contributed by atoms with Gasteiger partial charge in [-0.25, -0.2) is 4.98 Å². The van der Waals surface area contributed by atoms with E-state index < -0.39 is 0 Å². The topological polar surface area (TPSA) is 29.9 Å². The molecule has 0 aromatic carbocycles. The van der Waals surface area contributed by atoms with Crippen LogP contribution in [0.1, 0.15) is 27.7 Å². The summed E-state index contributed by atoms with van der Waals surface area (Å²) in [7, 11) is 0. The zero-order valence-electron chi connectivity index (χ0n) is 10.7. The highest BCUT2D eigenvalue weighted by atomic mass is 35.5. The van der Waals surface area contributed by atoms with Gasteiger partial charge in [-0.3, -0.25) is 0 Å². The molecule has 0 saturated carbocycles. The Morgan fingerprint density at radius 3 is 2.56 bits per heavy atom. The van der Waals surface area contributed by atoms with E-state index in [2.05, 4.69) is 42.6 Å². The van der Waals surface area contributed by atoms with Gasteiger partial charge >= 0.3 is 0 Å². The van der Waals surface area contributed by atoms with Gasteiger partial charge in [-0.1, -0.05) is 27.7 Å². The number of hydrogen-bond donors (Lipinski definition) is 1. The van der Waals surface area contributed by atoms with Crippen molar-refractivity contribution in [1.82, 2.24) is 14.9 Å². The Balaban J connectivity index is 0.00000225. The zero-order valence-corrected chi connectivity index (χ0v) is 11.5. The predicted molar refractivity (Wildman–Crippen MR) is 71.0 cm³/mol. The minimum Gasteiger partial charge on any atom is -0.337 e. The highest BCUT2D eigenvalue weighted by Gasteiger charge is 2.10. The Labute approximate surface area is 105 Å². The molecule has 1 aromatic rings. The number of nitrogens with zero attached hydrogens (tertiary/aromatic N) is 2. The van der Waals surface area contributed by atoms with Gasteiger partial charge < -0.3 is 9.88 Å². The molecule has 1 heterocycles. The Morgan fingerprint density at radius 1 is 1.38 bits per heavy atom. The number of rotatable bonds is 5. The van der Waals surface area contributed by atoms with Crippen LogP contribution in [0.15, 0.2) is 18.7 Å². The molecule has 1 unspecified atom stereocenters. The van der Waals surface area contributed by atoms with Gasteiger partial charge in [0.25, 0.3) is 0 Å². The molecule has 0 aliphatic carbocycles. The first-order valence-corrected chi connectivity index (χ1v) is 5.64. The summed E-state index contributed by atoms with van der Waals surface area (Å²) in [6.07, 6.45) is 5.72. The maximum atomic E-state index is 4.04. The van der Waals surface area contributed by atoms with Gasteiger partial charge in [0.05, 0.1) is 6.33 Å². The van der Waals surface area contributed by atoms with E-state index in [1.807, 2.05) is 18.7 Å². The summed E-state index contributed by atoms with van der Waals surface area (Å²) in [4.78, 5) is 4.04. The Morgan fingerprint density at radius 2 is 2.06 bits per heavy atom. The van der Waals surface area contributed by atoms with Gasteiger partial charge in [-0.2, -0.15) is 0 Å². The summed E-state index contributed by atoms with van der Waals surface area (Å²) in [6.45, 7) is 12.2. The van der Waals surface area contributed by atoms with E-state index >= 15 is 0 Å². The van der Waals surface area contributed by atoms with E-state index in [0.717, 1.165) is 19.6 Å². The maximum Gasteiger partial charge on any atom is 0.0946 e. The van der Waals surface area contributed by atoms with Crippen molar-refractivity contribution in [1.29, 1.82) is 0 Å². The number of aromatic nitrogens is 2. The van der Waals surface area contributed by atoms with Crippen LogP contribution >= 0.6 is 12.4 Å².